The number of ether oxygens (including phenoxy) is 1. The summed E-state index contributed by atoms with van der Waals surface area (Å²) in [5.74, 6) is 1.23. The normalized spacial score (nSPS) is 20.2. The molecule has 1 aliphatic heterocycles. The maximum Gasteiger partial charge on any atom is 0.147 e. The van der Waals surface area contributed by atoms with Gasteiger partial charge in [-0.2, -0.15) is 10.4 Å². The summed E-state index contributed by atoms with van der Waals surface area (Å²) in [5.41, 5.74) is 10.3. The van der Waals surface area contributed by atoms with Gasteiger partial charge in [-0.05, 0) is 64.6 Å². The molecule has 2 fully saturated rings. The highest BCUT2D eigenvalue weighted by Gasteiger charge is 2.24. The second-order valence-corrected chi connectivity index (χ2v) is 8.98. The smallest absolute Gasteiger partial charge is 0.147 e. The minimum Gasteiger partial charge on any atom is -0.488 e. The van der Waals surface area contributed by atoms with Crippen LogP contribution in [0.2, 0.25) is 0 Å². The van der Waals surface area contributed by atoms with Gasteiger partial charge in [-0.3, -0.25) is 0 Å². The van der Waals surface area contributed by atoms with Gasteiger partial charge in [-0.1, -0.05) is 19.3 Å². The Bertz CT molecular complexity index is 976. The molecule has 7 nitrogen and oxygen atoms in total. The third-order valence-electron chi connectivity index (χ3n) is 6.80. The van der Waals surface area contributed by atoms with Crippen molar-refractivity contribution in [1.82, 2.24) is 20.2 Å². The molecule has 0 amide bonds. The fourth-order valence-electron chi connectivity index (χ4n) is 4.87. The molecule has 1 saturated carbocycles. The predicted octanol–water partition coefficient (Wildman–Crippen LogP) is 3.54. The molecule has 0 spiro atoms. The molecule has 7 heteroatoms. The molecule has 2 aromatic rings. The predicted molar refractivity (Wildman–Crippen MR) is 122 cm³/mol. The largest absolute Gasteiger partial charge is 0.488 e. The third-order valence-corrected chi connectivity index (χ3v) is 6.80. The highest BCUT2D eigenvalue weighted by atomic mass is 16.5. The Morgan fingerprint density at radius 1 is 1.29 bits per heavy atom. The molecular weight excluding hydrogens is 388 g/mol. The summed E-state index contributed by atoms with van der Waals surface area (Å²) >= 11 is 0. The number of hydrogen-bond donors (Lipinski definition) is 3. The molecule has 4 rings (SSSR count). The average Bonchev–Trinajstić information content (AvgIpc) is 3.23. The van der Waals surface area contributed by atoms with Crippen molar-refractivity contribution in [3.63, 3.8) is 0 Å². The zero-order valence-electron chi connectivity index (χ0n) is 18.7. The standard InChI is InChI=1S/C24H34N6O/c1-16(29-21-8-10-27-11-9-21)23(26)19-12-22(24-20(13-25)14-28-30(24)15-19)31-17(2)18-6-4-3-5-7-18/h12,14-15,17-18,21,27,29H,3-11,26H2,1-2H3/b23-16-. The van der Waals surface area contributed by atoms with Crippen LogP contribution < -0.4 is 21.1 Å². The summed E-state index contributed by atoms with van der Waals surface area (Å²) in [6.07, 6.45) is 12.0. The van der Waals surface area contributed by atoms with E-state index < -0.39 is 0 Å². The van der Waals surface area contributed by atoms with Crippen LogP contribution in [0.5, 0.6) is 5.75 Å². The number of aromatic nitrogens is 2. The molecule has 1 aliphatic carbocycles. The van der Waals surface area contributed by atoms with Crippen molar-refractivity contribution in [1.29, 1.82) is 5.26 Å². The highest BCUT2D eigenvalue weighted by Crippen LogP contribution is 2.33. The van der Waals surface area contributed by atoms with Gasteiger partial charge < -0.3 is 21.1 Å². The van der Waals surface area contributed by atoms with Crippen molar-refractivity contribution in [2.75, 3.05) is 13.1 Å². The Labute approximate surface area is 184 Å². The number of nitrogens with zero attached hydrogens (tertiary/aromatic N) is 3. The van der Waals surface area contributed by atoms with Gasteiger partial charge in [0.25, 0.3) is 0 Å². The van der Waals surface area contributed by atoms with Crippen LogP contribution in [0.3, 0.4) is 0 Å². The number of rotatable bonds is 6. The maximum absolute atomic E-state index is 9.57. The first-order valence-electron chi connectivity index (χ1n) is 11.6. The van der Waals surface area contributed by atoms with E-state index in [2.05, 4.69) is 28.7 Å². The topological polar surface area (TPSA) is 100 Å². The van der Waals surface area contributed by atoms with Gasteiger partial charge >= 0.3 is 0 Å². The van der Waals surface area contributed by atoms with E-state index >= 15 is 0 Å². The van der Waals surface area contributed by atoms with Crippen molar-refractivity contribution < 1.29 is 4.74 Å². The highest BCUT2D eigenvalue weighted by molar-refractivity contribution is 5.74. The minimum atomic E-state index is 0.0833. The van der Waals surface area contributed by atoms with Gasteiger partial charge in [-0.15, -0.1) is 0 Å². The van der Waals surface area contributed by atoms with Crippen molar-refractivity contribution in [3.8, 4) is 11.8 Å². The first kappa shape index (κ1) is 21.5. The number of piperidine rings is 1. The molecule has 0 radical (unpaired) electrons. The molecule has 2 aromatic heterocycles. The molecule has 4 N–H and O–H groups in total. The van der Waals surface area contributed by atoms with Crippen LogP contribution in [0.15, 0.2) is 24.2 Å². The van der Waals surface area contributed by atoms with Gasteiger partial charge in [0.1, 0.15) is 22.9 Å². The number of allylic oxidation sites excluding steroid dienone is 1. The Balaban J connectivity index is 1.65. The Hall–Kier alpha value is -2.72. The van der Waals surface area contributed by atoms with Crippen LogP contribution in [-0.4, -0.2) is 34.8 Å². The lowest BCUT2D eigenvalue weighted by atomic mass is 9.86. The molecule has 0 bridgehead atoms. The van der Waals surface area contributed by atoms with Gasteiger partial charge in [-0.25, -0.2) is 4.52 Å². The van der Waals surface area contributed by atoms with Gasteiger partial charge in [0, 0.05) is 23.5 Å². The molecule has 31 heavy (non-hydrogen) atoms. The lowest BCUT2D eigenvalue weighted by Gasteiger charge is -2.28. The van der Waals surface area contributed by atoms with E-state index in [9.17, 15) is 5.26 Å². The van der Waals surface area contributed by atoms with E-state index in [0.717, 1.165) is 37.2 Å². The quantitative estimate of drug-likeness (QED) is 0.658. The molecular formula is C24H34N6O. The first-order valence-corrected chi connectivity index (χ1v) is 11.6. The zero-order chi connectivity index (χ0) is 21.8. The van der Waals surface area contributed by atoms with E-state index in [1.165, 1.54) is 32.1 Å². The molecule has 2 aliphatic rings. The number of nitriles is 1. The number of nitrogens with one attached hydrogen (secondary N) is 2. The average molecular weight is 423 g/mol. The molecule has 1 unspecified atom stereocenters. The molecule has 166 valence electrons. The molecule has 0 aromatic carbocycles. The van der Waals surface area contributed by atoms with E-state index in [4.69, 9.17) is 10.5 Å². The van der Waals surface area contributed by atoms with Gasteiger partial charge in [0.2, 0.25) is 0 Å². The van der Waals surface area contributed by atoms with Crippen LogP contribution in [-0.2, 0) is 0 Å². The van der Waals surface area contributed by atoms with E-state index in [0.29, 0.717) is 34.5 Å². The van der Waals surface area contributed by atoms with Crippen molar-refractivity contribution >= 4 is 11.2 Å². The molecule has 1 atom stereocenters. The fraction of sp³-hybridized carbons (Fsp3) is 0.583. The lowest BCUT2D eigenvalue weighted by molar-refractivity contribution is 0.124. The van der Waals surface area contributed by atoms with Crippen LogP contribution in [0.4, 0.5) is 0 Å². The maximum atomic E-state index is 9.57. The van der Waals surface area contributed by atoms with Crippen LogP contribution in [0, 0.1) is 17.2 Å². The lowest BCUT2D eigenvalue weighted by Crippen LogP contribution is -2.39. The Morgan fingerprint density at radius 3 is 2.74 bits per heavy atom. The SMILES string of the molecule is C/C(NC1CCNCC1)=C(/N)c1cc(OC(C)C2CCCCC2)c2c(C#N)cnn2c1. The second kappa shape index (κ2) is 9.61. The minimum absolute atomic E-state index is 0.0833. The number of nitrogens with two attached hydrogens (primary N) is 1. The van der Waals surface area contributed by atoms with E-state index in [1.807, 2.05) is 19.2 Å². The number of hydrogen-bond acceptors (Lipinski definition) is 6. The van der Waals surface area contributed by atoms with Crippen molar-refractivity contribution in [3.05, 3.63) is 35.3 Å². The zero-order valence-corrected chi connectivity index (χ0v) is 18.7. The summed E-state index contributed by atoms with van der Waals surface area (Å²) in [6.45, 7) is 6.22. The second-order valence-electron chi connectivity index (χ2n) is 8.98. The fourth-order valence-corrected chi connectivity index (χ4v) is 4.87. The Kier molecular flexibility index (Phi) is 6.67. The van der Waals surface area contributed by atoms with Crippen molar-refractivity contribution in [2.24, 2.45) is 11.7 Å². The number of fused-ring (bicyclic) bond motifs is 1. The van der Waals surface area contributed by atoms with Gasteiger partial charge in [0.05, 0.1) is 18.0 Å². The van der Waals surface area contributed by atoms with Crippen LogP contribution >= 0.6 is 0 Å². The summed E-state index contributed by atoms with van der Waals surface area (Å²) in [7, 11) is 0. The van der Waals surface area contributed by atoms with Crippen LogP contribution in [0.1, 0.15) is 69.9 Å². The summed E-state index contributed by atoms with van der Waals surface area (Å²) < 4.78 is 8.19. The monoisotopic (exact) mass is 422 g/mol. The van der Waals surface area contributed by atoms with E-state index in [1.54, 1.807) is 10.7 Å². The van der Waals surface area contributed by atoms with Crippen molar-refractivity contribution in [2.45, 2.75) is 70.9 Å². The molecule has 1 saturated heterocycles. The first-order chi connectivity index (χ1) is 15.1. The Morgan fingerprint density at radius 2 is 2.03 bits per heavy atom. The summed E-state index contributed by atoms with van der Waals surface area (Å²) in [5, 5.41) is 20.9. The summed E-state index contributed by atoms with van der Waals surface area (Å²) in [4.78, 5) is 0. The summed E-state index contributed by atoms with van der Waals surface area (Å²) in [6, 6.07) is 4.65. The van der Waals surface area contributed by atoms with Gasteiger partial charge in [0.15, 0.2) is 0 Å². The molecule has 3 heterocycles. The van der Waals surface area contributed by atoms with Crippen LogP contribution in [0.25, 0.3) is 11.2 Å². The third kappa shape index (κ3) is 4.80. The van der Waals surface area contributed by atoms with E-state index in [-0.39, 0.29) is 6.10 Å². The number of pyridine rings is 1.